The van der Waals surface area contributed by atoms with Crippen molar-refractivity contribution in [2.75, 3.05) is 6.54 Å². The SMILES string of the molecule is O=C(O)c1cccc2c1CC1(CCN(Cc3ccc(Cl)cc3)C1=O)C2. The van der Waals surface area contributed by atoms with Gasteiger partial charge in [-0.05, 0) is 54.2 Å². The van der Waals surface area contributed by atoms with Gasteiger partial charge in [0.2, 0.25) is 5.91 Å². The fourth-order valence-corrected chi connectivity index (χ4v) is 4.28. The van der Waals surface area contributed by atoms with Gasteiger partial charge in [0.25, 0.3) is 0 Å². The number of nitrogens with zero attached hydrogens (tertiary/aromatic N) is 1. The van der Waals surface area contributed by atoms with E-state index in [1.54, 1.807) is 12.1 Å². The van der Waals surface area contributed by atoms with Crippen LogP contribution in [0.3, 0.4) is 0 Å². The van der Waals surface area contributed by atoms with Crippen LogP contribution in [0.4, 0.5) is 0 Å². The summed E-state index contributed by atoms with van der Waals surface area (Å²) < 4.78 is 0. The molecule has 4 rings (SSSR count). The average Bonchev–Trinajstić information content (AvgIpc) is 3.11. The fourth-order valence-electron chi connectivity index (χ4n) is 4.16. The molecule has 0 aromatic heterocycles. The Labute approximate surface area is 151 Å². The number of rotatable bonds is 3. The van der Waals surface area contributed by atoms with Crippen LogP contribution >= 0.6 is 11.6 Å². The molecule has 2 aliphatic rings. The lowest BCUT2D eigenvalue weighted by molar-refractivity contribution is -0.136. The number of carbonyl (C=O) groups excluding carboxylic acids is 1. The summed E-state index contributed by atoms with van der Waals surface area (Å²) in [6.45, 7) is 1.28. The van der Waals surface area contributed by atoms with Gasteiger partial charge in [-0.2, -0.15) is 0 Å². The maximum Gasteiger partial charge on any atom is 0.335 e. The highest BCUT2D eigenvalue weighted by molar-refractivity contribution is 6.30. The van der Waals surface area contributed by atoms with E-state index in [2.05, 4.69) is 0 Å². The van der Waals surface area contributed by atoms with Crippen molar-refractivity contribution in [3.63, 3.8) is 0 Å². The number of aromatic carboxylic acids is 1. The van der Waals surface area contributed by atoms with Crippen LogP contribution < -0.4 is 0 Å². The van der Waals surface area contributed by atoms with E-state index in [4.69, 9.17) is 11.6 Å². The highest BCUT2D eigenvalue weighted by Crippen LogP contribution is 2.46. The lowest BCUT2D eigenvalue weighted by Crippen LogP contribution is -2.35. The smallest absolute Gasteiger partial charge is 0.335 e. The molecule has 1 unspecified atom stereocenters. The van der Waals surface area contributed by atoms with Crippen molar-refractivity contribution in [3.8, 4) is 0 Å². The molecule has 1 atom stereocenters. The minimum absolute atomic E-state index is 0.134. The third-order valence-corrected chi connectivity index (χ3v) is 5.69. The molecule has 1 amide bonds. The van der Waals surface area contributed by atoms with Gasteiger partial charge in [0.15, 0.2) is 0 Å². The lowest BCUT2D eigenvalue weighted by atomic mass is 9.83. The number of carboxylic acid groups (broad SMARTS) is 1. The van der Waals surface area contributed by atoms with Gasteiger partial charge in [-0.3, -0.25) is 4.79 Å². The maximum absolute atomic E-state index is 13.1. The van der Waals surface area contributed by atoms with Crippen LogP contribution in [0.2, 0.25) is 5.02 Å². The largest absolute Gasteiger partial charge is 0.478 e. The molecule has 0 saturated carbocycles. The molecule has 1 aliphatic carbocycles. The quantitative estimate of drug-likeness (QED) is 0.915. The van der Waals surface area contributed by atoms with Crippen molar-refractivity contribution in [1.82, 2.24) is 4.90 Å². The maximum atomic E-state index is 13.1. The molecule has 5 heteroatoms. The van der Waals surface area contributed by atoms with E-state index < -0.39 is 11.4 Å². The Balaban J connectivity index is 1.57. The minimum atomic E-state index is -0.919. The Morgan fingerprint density at radius 1 is 1.16 bits per heavy atom. The van der Waals surface area contributed by atoms with Crippen LogP contribution in [0.25, 0.3) is 0 Å². The molecular formula is C20H18ClNO3. The first-order chi connectivity index (χ1) is 12.0. The first-order valence-electron chi connectivity index (χ1n) is 8.36. The van der Waals surface area contributed by atoms with Gasteiger partial charge in [-0.25, -0.2) is 4.79 Å². The Kier molecular flexibility index (Phi) is 3.80. The van der Waals surface area contributed by atoms with Crippen molar-refractivity contribution in [3.05, 3.63) is 69.7 Å². The summed E-state index contributed by atoms with van der Waals surface area (Å²) in [5.74, 6) is -0.785. The number of carbonyl (C=O) groups is 2. The van der Waals surface area contributed by atoms with E-state index >= 15 is 0 Å². The van der Waals surface area contributed by atoms with E-state index in [0.717, 1.165) is 23.1 Å². The average molecular weight is 356 g/mol. The van der Waals surface area contributed by atoms with Crippen molar-refractivity contribution < 1.29 is 14.7 Å². The van der Waals surface area contributed by atoms with Gasteiger partial charge in [0, 0.05) is 18.1 Å². The number of benzene rings is 2. The molecule has 1 aliphatic heterocycles. The Hall–Kier alpha value is -2.33. The summed E-state index contributed by atoms with van der Waals surface area (Å²) in [5, 5.41) is 10.1. The van der Waals surface area contributed by atoms with Crippen LogP contribution in [-0.2, 0) is 24.2 Å². The summed E-state index contributed by atoms with van der Waals surface area (Å²) in [7, 11) is 0. The molecule has 1 spiro atoms. The van der Waals surface area contributed by atoms with E-state index in [9.17, 15) is 14.7 Å². The Morgan fingerprint density at radius 2 is 1.92 bits per heavy atom. The normalized spacial score (nSPS) is 21.8. The molecule has 0 bridgehead atoms. The molecule has 0 radical (unpaired) electrons. The molecule has 2 aromatic rings. The Morgan fingerprint density at radius 3 is 2.64 bits per heavy atom. The third kappa shape index (κ3) is 2.71. The second-order valence-electron chi connectivity index (χ2n) is 6.99. The molecular weight excluding hydrogens is 338 g/mol. The van der Waals surface area contributed by atoms with Crippen molar-refractivity contribution >= 4 is 23.5 Å². The summed E-state index contributed by atoms with van der Waals surface area (Å²) >= 11 is 5.92. The molecule has 1 saturated heterocycles. The topological polar surface area (TPSA) is 57.6 Å². The van der Waals surface area contributed by atoms with Crippen molar-refractivity contribution in [1.29, 1.82) is 0 Å². The van der Waals surface area contributed by atoms with Gasteiger partial charge < -0.3 is 10.0 Å². The van der Waals surface area contributed by atoms with E-state index in [1.807, 2.05) is 35.2 Å². The van der Waals surface area contributed by atoms with Crippen molar-refractivity contribution in [2.24, 2.45) is 5.41 Å². The number of halogens is 1. The van der Waals surface area contributed by atoms with Crippen molar-refractivity contribution in [2.45, 2.75) is 25.8 Å². The number of likely N-dealkylation sites (tertiary alicyclic amines) is 1. The predicted molar refractivity (Wildman–Crippen MR) is 94.7 cm³/mol. The number of hydrogen-bond acceptors (Lipinski definition) is 2. The Bertz CT molecular complexity index is 862. The monoisotopic (exact) mass is 355 g/mol. The summed E-state index contributed by atoms with van der Waals surface area (Å²) in [4.78, 5) is 26.5. The van der Waals surface area contributed by atoms with Crippen LogP contribution in [0.15, 0.2) is 42.5 Å². The van der Waals surface area contributed by atoms with Crippen LogP contribution in [-0.4, -0.2) is 28.4 Å². The van der Waals surface area contributed by atoms with Crippen LogP contribution in [0.1, 0.15) is 33.5 Å². The summed E-state index contributed by atoms with van der Waals surface area (Å²) in [6, 6.07) is 12.9. The molecule has 128 valence electrons. The molecule has 25 heavy (non-hydrogen) atoms. The van der Waals surface area contributed by atoms with Crippen LogP contribution in [0.5, 0.6) is 0 Å². The van der Waals surface area contributed by atoms with Gasteiger partial charge in [0.1, 0.15) is 0 Å². The lowest BCUT2D eigenvalue weighted by Gasteiger charge is -2.23. The van der Waals surface area contributed by atoms with Gasteiger partial charge in [-0.1, -0.05) is 35.9 Å². The van der Waals surface area contributed by atoms with E-state index in [0.29, 0.717) is 36.5 Å². The third-order valence-electron chi connectivity index (χ3n) is 5.44. The van der Waals surface area contributed by atoms with Gasteiger partial charge >= 0.3 is 5.97 Å². The summed E-state index contributed by atoms with van der Waals surface area (Å²) in [6.07, 6.45) is 1.94. The zero-order valence-corrected chi connectivity index (χ0v) is 14.4. The standard InChI is InChI=1S/C20H18ClNO3/c21-15-6-4-13(5-7-15)12-22-9-8-20(19(22)25)10-14-2-1-3-16(18(23)24)17(14)11-20/h1-7H,8-12H2,(H,23,24). The van der Waals surface area contributed by atoms with Gasteiger partial charge in [-0.15, -0.1) is 0 Å². The second kappa shape index (κ2) is 5.88. The number of amides is 1. The van der Waals surface area contributed by atoms with E-state index in [-0.39, 0.29) is 5.91 Å². The second-order valence-corrected chi connectivity index (χ2v) is 7.42. The van der Waals surface area contributed by atoms with Gasteiger partial charge in [0.05, 0.1) is 11.0 Å². The van der Waals surface area contributed by atoms with Crippen LogP contribution in [0, 0.1) is 5.41 Å². The molecule has 1 heterocycles. The molecule has 1 fully saturated rings. The minimum Gasteiger partial charge on any atom is -0.478 e. The molecule has 4 nitrogen and oxygen atoms in total. The number of carboxylic acids is 1. The summed E-state index contributed by atoms with van der Waals surface area (Å²) in [5.41, 5.74) is 2.74. The zero-order valence-electron chi connectivity index (χ0n) is 13.7. The number of hydrogen-bond donors (Lipinski definition) is 1. The predicted octanol–water partition coefficient (Wildman–Crippen LogP) is 3.56. The first-order valence-corrected chi connectivity index (χ1v) is 8.74. The fraction of sp³-hybridized carbons (Fsp3) is 0.300. The zero-order chi connectivity index (χ0) is 17.6. The molecule has 2 aromatic carbocycles. The first kappa shape index (κ1) is 16.2. The number of fused-ring (bicyclic) bond motifs is 1. The highest BCUT2D eigenvalue weighted by Gasteiger charge is 2.50. The highest BCUT2D eigenvalue weighted by atomic mass is 35.5. The van der Waals surface area contributed by atoms with E-state index in [1.165, 1.54) is 0 Å². The molecule has 1 N–H and O–H groups in total.